The van der Waals surface area contributed by atoms with Crippen molar-refractivity contribution in [2.24, 2.45) is 0 Å². The Labute approximate surface area is 326 Å². The lowest BCUT2D eigenvalue weighted by Crippen LogP contribution is -3.00. The summed E-state index contributed by atoms with van der Waals surface area (Å²) in [6.07, 6.45) is 2.07. The molecule has 3 atom stereocenters. The summed E-state index contributed by atoms with van der Waals surface area (Å²) < 4.78 is 20.0. The maximum absolute atomic E-state index is 14.4. The van der Waals surface area contributed by atoms with Crippen LogP contribution in [0.1, 0.15) is 11.1 Å². The number of nitro benzene ring substituents is 1. The minimum absolute atomic E-state index is 0. The standard InChI is InChI=1S/C41H34N3O7PS.BrH/c45-37(25-30-13-5-1-6-14-30)42-41(40(47)51-27-31-21-23-33(24-22-31)44(48)49)38(46)43-26-32(29-53(50)39(41)43)28-52(34-15-7-2-8-16-34,35-17-9-3-10-18-35)36-19-11-4-12-20-36;/h1-24,26,39H,25,27-29H2;1H/t39-,41+,53+;/m1./s1. The first-order chi connectivity index (χ1) is 25.7. The predicted octanol–water partition coefficient (Wildman–Crippen LogP) is 1.55. The lowest BCUT2D eigenvalue weighted by atomic mass is 9.87. The van der Waals surface area contributed by atoms with Crippen molar-refractivity contribution in [3.8, 4) is 0 Å². The minimum Gasteiger partial charge on any atom is -1.00 e. The van der Waals surface area contributed by atoms with Crippen molar-refractivity contribution < 1.29 is 45.6 Å². The Hall–Kier alpha value is -5.13. The average Bonchev–Trinajstić information content (AvgIpc) is 3.19. The number of fused-ring (bicyclic) bond motifs is 1. The van der Waals surface area contributed by atoms with Gasteiger partial charge >= 0.3 is 5.97 Å². The molecule has 5 aromatic rings. The second kappa shape index (κ2) is 16.5. The Morgan fingerprint density at radius 3 is 1.80 bits per heavy atom. The van der Waals surface area contributed by atoms with E-state index in [1.54, 1.807) is 30.5 Å². The van der Waals surface area contributed by atoms with Gasteiger partial charge in [0.1, 0.15) is 41.7 Å². The molecule has 0 aliphatic carbocycles. The van der Waals surface area contributed by atoms with E-state index in [-0.39, 0.29) is 41.4 Å². The number of rotatable bonds is 12. The molecule has 2 aliphatic rings. The highest BCUT2D eigenvalue weighted by Crippen LogP contribution is 2.57. The van der Waals surface area contributed by atoms with Crippen LogP contribution in [0.4, 0.5) is 5.69 Å². The van der Waals surface area contributed by atoms with E-state index in [1.807, 2.05) is 60.7 Å². The molecule has 1 saturated heterocycles. The van der Waals surface area contributed by atoms with Crippen LogP contribution in [0.2, 0.25) is 0 Å². The molecule has 1 fully saturated rings. The molecule has 54 heavy (non-hydrogen) atoms. The maximum atomic E-state index is 14.4. The third-order valence-electron chi connectivity index (χ3n) is 9.51. The van der Waals surface area contributed by atoms with Gasteiger partial charge in [0.2, 0.25) is 11.3 Å². The van der Waals surface area contributed by atoms with Crippen molar-refractivity contribution in [2.75, 3.05) is 11.9 Å². The number of hydrogen-bond acceptors (Lipinski definition) is 7. The molecule has 0 bridgehead atoms. The number of amides is 2. The molecule has 2 heterocycles. The number of β-lactam (4-membered cyclic amide) rings is 1. The summed E-state index contributed by atoms with van der Waals surface area (Å²) in [6, 6.07) is 44.9. The van der Waals surface area contributed by atoms with Crippen molar-refractivity contribution in [3.05, 3.63) is 179 Å². The summed E-state index contributed by atoms with van der Waals surface area (Å²) in [7, 11) is -2.40. The molecule has 0 aromatic heterocycles. The molecule has 2 aliphatic heterocycles. The Kier molecular flexibility index (Phi) is 11.8. The smallest absolute Gasteiger partial charge is 0.349 e. The van der Waals surface area contributed by atoms with Crippen LogP contribution in [0, 0.1) is 10.1 Å². The summed E-state index contributed by atoms with van der Waals surface area (Å²) in [5.74, 6) is -2.33. The molecular weight excluding hydrogens is 789 g/mol. The zero-order valence-electron chi connectivity index (χ0n) is 28.8. The largest absolute Gasteiger partial charge is 1.00 e. The number of nitro groups is 1. The van der Waals surface area contributed by atoms with Crippen LogP contribution >= 0.6 is 7.26 Å². The molecule has 1 N–H and O–H groups in total. The Balaban J connectivity index is 0.00000497. The van der Waals surface area contributed by atoms with Crippen LogP contribution in [0.3, 0.4) is 0 Å². The molecule has 5 aromatic carbocycles. The normalized spacial score (nSPS) is 18.9. The average molecular weight is 825 g/mol. The van der Waals surface area contributed by atoms with E-state index in [0.29, 0.717) is 17.3 Å². The lowest BCUT2D eigenvalue weighted by Gasteiger charge is -2.53. The first-order valence-corrected chi connectivity index (χ1v) is 20.3. The summed E-state index contributed by atoms with van der Waals surface area (Å²) >= 11 is -1.83. The predicted molar refractivity (Wildman–Crippen MR) is 206 cm³/mol. The number of carbonyl (C=O) groups is 3. The van der Waals surface area contributed by atoms with Crippen LogP contribution in [-0.4, -0.2) is 55.0 Å². The molecule has 0 spiro atoms. The number of carbonyl (C=O) groups excluding carboxylic acids is 3. The highest BCUT2D eigenvalue weighted by molar-refractivity contribution is 7.96. The van der Waals surface area contributed by atoms with E-state index in [0.717, 1.165) is 21.5 Å². The van der Waals surface area contributed by atoms with E-state index in [2.05, 4.69) is 41.7 Å². The van der Waals surface area contributed by atoms with Crippen LogP contribution in [0.5, 0.6) is 0 Å². The van der Waals surface area contributed by atoms with Crippen molar-refractivity contribution in [1.82, 2.24) is 10.2 Å². The maximum Gasteiger partial charge on any atom is 0.349 e. The Morgan fingerprint density at radius 2 is 1.30 bits per heavy atom. The molecule has 274 valence electrons. The second-order valence-corrected chi connectivity index (χ2v) is 17.9. The van der Waals surface area contributed by atoms with E-state index < -0.39 is 52.1 Å². The van der Waals surface area contributed by atoms with Gasteiger partial charge in [-0.3, -0.25) is 24.6 Å². The molecule has 2 amide bonds. The topological polar surface area (TPSA) is 142 Å². The van der Waals surface area contributed by atoms with Gasteiger partial charge in [0.25, 0.3) is 17.1 Å². The molecule has 0 radical (unpaired) electrons. The highest BCUT2D eigenvalue weighted by atomic mass is 79.9. The van der Waals surface area contributed by atoms with E-state index in [9.17, 15) is 29.1 Å². The quantitative estimate of drug-likeness (QED) is 0.0383. The number of nitrogens with zero attached hydrogens (tertiary/aromatic N) is 2. The molecule has 7 rings (SSSR count). The van der Waals surface area contributed by atoms with Gasteiger partial charge in [-0.15, -0.1) is 0 Å². The van der Waals surface area contributed by atoms with E-state index >= 15 is 0 Å². The zero-order chi connectivity index (χ0) is 37.0. The molecule has 10 nitrogen and oxygen atoms in total. The van der Waals surface area contributed by atoms with Gasteiger partial charge < -0.3 is 31.6 Å². The van der Waals surface area contributed by atoms with Gasteiger partial charge in [-0.2, -0.15) is 0 Å². The van der Waals surface area contributed by atoms with Gasteiger partial charge in [0.05, 0.1) is 11.3 Å². The van der Waals surface area contributed by atoms with Crippen molar-refractivity contribution in [1.29, 1.82) is 0 Å². The number of ether oxygens (including phenoxy) is 1. The summed E-state index contributed by atoms with van der Waals surface area (Å²) in [5.41, 5.74) is -0.482. The van der Waals surface area contributed by atoms with Gasteiger partial charge in [-0.25, -0.2) is 4.79 Å². The fourth-order valence-electron chi connectivity index (χ4n) is 7.04. The SMILES string of the molecule is O=C(Cc1ccccc1)N[C@@]1(C(=O)OCc2ccc([N+](=O)[O-])cc2)C(=O)N2C=C(C[P+](c3ccccc3)(c3ccccc3)c3ccccc3)C[S@+]([O-])[C@@H]21.[Br-]. The zero-order valence-corrected chi connectivity index (χ0v) is 32.1. The van der Waals surface area contributed by atoms with Crippen LogP contribution in [-0.2, 0) is 43.3 Å². The van der Waals surface area contributed by atoms with Gasteiger partial charge in [-0.1, -0.05) is 84.9 Å². The monoisotopic (exact) mass is 823 g/mol. The molecule has 0 unspecified atom stereocenters. The fraction of sp³-hybridized carbons (Fsp3) is 0.146. The first-order valence-electron chi connectivity index (χ1n) is 16.9. The number of nitrogens with one attached hydrogen (secondary N) is 1. The highest BCUT2D eigenvalue weighted by Gasteiger charge is 2.74. The minimum atomic E-state index is -2.40. The van der Waals surface area contributed by atoms with Crippen molar-refractivity contribution in [3.63, 3.8) is 0 Å². The summed E-state index contributed by atoms with van der Waals surface area (Å²) in [6.45, 7) is -0.320. The van der Waals surface area contributed by atoms with Crippen LogP contribution < -0.4 is 38.2 Å². The van der Waals surface area contributed by atoms with E-state index in [1.165, 1.54) is 29.2 Å². The number of halogens is 1. The Morgan fingerprint density at radius 1 is 0.796 bits per heavy atom. The fourth-order valence-corrected chi connectivity index (χ4v) is 13.2. The first kappa shape index (κ1) is 38.6. The van der Waals surface area contributed by atoms with Crippen molar-refractivity contribution >= 4 is 57.8 Å². The molecular formula is C41H35BrN3O7PS. The van der Waals surface area contributed by atoms with Crippen LogP contribution in [0.25, 0.3) is 0 Å². The lowest BCUT2D eigenvalue weighted by molar-refractivity contribution is -0.384. The number of non-ortho nitro benzene ring substituents is 1. The van der Waals surface area contributed by atoms with Crippen LogP contribution in [0.15, 0.2) is 157 Å². The van der Waals surface area contributed by atoms with Gasteiger partial charge in [-0.05, 0) is 70.8 Å². The molecule has 13 heteroatoms. The molecule has 0 saturated carbocycles. The number of benzene rings is 5. The summed E-state index contributed by atoms with van der Waals surface area (Å²) in [5, 5.41) is 15.9. The third-order valence-corrected chi connectivity index (χ3v) is 15.7. The second-order valence-electron chi connectivity index (χ2n) is 12.9. The van der Waals surface area contributed by atoms with E-state index in [4.69, 9.17) is 4.74 Å². The van der Waals surface area contributed by atoms with Gasteiger partial charge in [0, 0.05) is 23.9 Å². The summed E-state index contributed by atoms with van der Waals surface area (Å²) in [4.78, 5) is 53.7. The van der Waals surface area contributed by atoms with Gasteiger partial charge in [0.15, 0.2) is 0 Å². The number of hydrogen-bond donors (Lipinski definition) is 1. The van der Waals surface area contributed by atoms with Crippen molar-refractivity contribution in [2.45, 2.75) is 23.9 Å². The number of esters is 1. The third kappa shape index (κ3) is 7.35. The Bertz CT molecular complexity index is 2070.